The summed E-state index contributed by atoms with van der Waals surface area (Å²) in [4.78, 5) is 38.4. The highest BCUT2D eigenvalue weighted by molar-refractivity contribution is 6.02. The fraction of sp³-hybridized carbons (Fsp3) is 0.192. The fourth-order valence-corrected chi connectivity index (χ4v) is 3.93. The lowest BCUT2D eigenvalue weighted by molar-refractivity contribution is -0.145. The Morgan fingerprint density at radius 1 is 0.944 bits per heavy atom. The highest BCUT2D eigenvalue weighted by atomic mass is 19.4. The smallest absolute Gasteiger partial charge is 0.416 e. The number of halogens is 3. The summed E-state index contributed by atoms with van der Waals surface area (Å²) in [6, 6.07) is 15.2. The Labute approximate surface area is 204 Å². The number of fused-ring (bicyclic) bond motifs is 1. The van der Waals surface area contributed by atoms with E-state index in [9.17, 15) is 27.6 Å². The third kappa shape index (κ3) is 5.17. The molecule has 7 nitrogen and oxygen atoms in total. The molecular weight excluding hydrogens is 475 g/mol. The molecule has 36 heavy (non-hydrogen) atoms. The average Bonchev–Trinajstić information content (AvgIpc) is 3.18. The Morgan fingerprint density at radius 3 is 2.28 bits per heavy atom. The van der Waals surface area contributed by atoms with E-state index in [1.54, 1.807) is 37.3 Å². The van der Waals surface area contributed by atoms with Gasteiger partial charge in [0.15, 0.2) is 0 Å². The zero-order valence-electron chi connectivity index (χ0n) is 19.3. The lowest BCUT2D eigenvalue weighted by Crippen LogP contribution is -2.39. The van der Waals surface area contributed by atoms with Crippen molar-refractivity contribution >= 4 is 29.3 Å². The van der Waals surface area contributed by atoms with Crippen LogP contribution in [-0.4, -0.2) is 36.0 Å². The predicted molar refractivity (Wildman–Crippen MR) is 127 cm³/mol. The molecule has 0 unspecified atom stereocenters. The van der Waals surface area contributed by atoms with Gasteiger partial charge in [0.2, 0.25) is 0 Å². The third-order valence-electron chi connectivity index (χ3n) is 5.88. The SMILES string of the molecule is COC(=O)[C@H](C)N1Cc2ccc(-c3ccc(NC(=O)Nc4cccc(C(F)(F)F)c4)cc3)cc2C1=O. The zero-order valence-corrected chi connectivity index (χ0v) is 19.3. The molecule has 3 aromatic rings. The standard InChI is InChI=1S/C26H22F3N3O4/c1-15(24(34)36-2)32-14-18-7-6-17(12-22(18)23(32)33)16-8-10-20(11-9-16)30-25(35)31-21-5-3-4-19(13-21)26(27,28)29/h3-13,15H,14H2,1-2H3,(H2,30,31,35)/t15-/m0/s1. The molecule has 0 radical (unpaired) electrons. The minimum Gasteiger partial charge on any atom is -0.467 e. The molecular formula is C26H22F3N3O4. The lowest BCUT2D eigenvalue weighted by Gasteiger charge is -2.21. The number of methoxy groups -OCH3 is 1. The molecule has 2 N–H and O–H groups in total. The number of rotatable bonds is 5. The van der Waals surface area contributed by atoms with Gasteiger partial charge in [-0.05, 0) is 60.0 Å². The summed E-state index contributed by atoms with van der Waals surface area (Å²) in [5.41, 5.74) is 2.45. The van der Waals surface area contributed by atoms with E-state index in [0.717, 1.165) is 28.8 Å². The van der Waals surface area contributed by atoms with Crippen LogP contribution in [0.4, 0.5) is 29.3 Å². The van der Waals surface area contributed by atoms with Crippen LogP contribution in [0.1, 0.15) is 28.4 Å². The van der Waals surface area contributed by atoms with Crippen molar-refractivity contribution in [2.24, 2.45) is 0 Å². The summed E-state index contributed by atoms with van der Waals surface area (Å²) < 4.78 is 43.3. The van der Waals surface area contributed by atoms with Crippen LogP contribution in [0.5, 0.6) is 0 Å². The number of carbonyl (C=O) groups excluding carboxylic acids is 3. The molecule has 0 aromatic heterocycles. The molecule has 3 amide bonds. The summed E-state index contributed by atoms with van der Waals surface area (Å²) in [5.74, 6) is -0.745. The molecule has 10 heteroatoms. The van der Waals surface area contributed by atoms with Crippen molar-refractivity contribution in [1.82, 2.24) is 4.90 Å². The van der Waals surface area contributed by atoms with Crippen LogP contribution in [0.3, 0.4) is 0 Å². The molecule has 0 spiro atoms. The second kappa shape index (κ2) is 9.73. The number of ether oxygens (including phenoxy) is 1. The first kappa shape index (κ1) is 24.8. The number of carbonyl (C=O) groups is 3. The van der Waals surface area contributed by atoms with Gasteiger partial charge in [-0.25, -0.2) is 9.59 Å². The maximum atomic E-state index is 12.9. The van der Waals surface area contributed by atoms with E-state index in [4.69, 9.17) is 4.74 Å². The summed E-state index contributed by atoms with van der Waals surface area (Å²) in [6.07, 6.45) is -4.51. The molecule has 0 bridgehead atoms. The molecule has 0 saturated heterocycles. The first-order valence-corrected chi connectivity index (χ1v) is 10.9. The maximum absolute atomic E-state index is 12.9. The van der Waals surface area contributed by atoms with Crippen LogP contribution >= 0.6 is 0 Å². The molecule has 1 atom stereocenters. The average molecular weight is 497 g/mol. The van der Waals surface area contributed by atoms with Crippen molar-refractivity contribution in [3.05, 3.63) is 83.4 Å². The van der Waals surface area contributed by atoms with Gasteiger partial charge < -0.3 is 20.3 Å². The Bertz CT molecular complexity index is 1320. The van der Waals surface area contributed by atoms with Crippen LogP contribution in [0.2, 0.25) is 0 Å². The normalized spacial score (nSPS) is 13.7. The van der Waals surface area contributed by atoms with Crippen molar-refractivity contribution in [3.8, 4) is 11.1 Å². The van der Waals surface area contributed by atoms with Crippen molar-refractivity contribution < 1.29 is 32.3 Å². The molecule has 1 heterocycles. The summed E-state index contributed by atoms with van der Waals surface area (Å²) >= 11 is 0. The van der Waals surface area contributed by atoms with E-state index in [-0.39, 0.29) is 11.6 Å². The quantitative estimate of drug-likeness (QED) is 0.454. The fourth-order valence-electron chi connectivity index (χ4n) is 3.93. The minimum atomic E-state index is -4.51. The number of amides is 3. The van der Waals surface area contributed by atoms with E-state index in [0.29, 0.717) is 17.8 Å². The van der Waals surface area contributed by atoms with Gasteiger partial charge in [-0.2, -0.15) is 13.2 Å². The highest BCUT2D eigenvalue weighted by Crippen LogP contribution is 2.32. The van der Waals surface area contributed by atoms with Gasteiger partial charge in [0.1, 0.15) is 6.04 Å². The summed E-state index contributed by atoms with van der Waals surface area (Å²) in [7, 11) is 1.28. The van der Waals surface area contributed by atoms with Gasteiger partial charge in [-0.15, -0.1) is 0 Å². The molecule has 0 aliphatic carbocycles. The third-order valence-corrected chi connectivity index (χ3v) is 5.88. The zero-order chi connectivity index (χ0) is 26.0. The largest absolute Gasteiger partial charge is 0.467 e. The Balaban J connectivity index is 1.43. The van der Waals surface area contributed by atoms with Crippen molar-refractivity contribution in [1.29, 1.82) is 0 Å². The van der Waals surface area contributed by atoms with E-state index in [1.807, 2.05) is 12.1 Å². The van der Waals surface area contributed by atoms with E-state index >= 15 is 0 Å². The van der Waals surface area contributed by atoms with Crippen LogP contribution in [-0.2, 0) is 22.3 Å². The van der Waals surface area contributed by atoms with E-state index in [1.165, 1.54) is 24.1 Å². The summed E-state index contributed by atoms with van der Waals surface area (Å²) in [6.45, 7) is 1.93. The van der Waals surface area contributed by atoms with E-state index in [2.05, 4.69) is 10.6 Å². The van der Waals surface area contributed by atoms with Crippen LogP contribution < -0.4 is 10.6 Å². The first-order valence-electron chi connectivity index (χ1n) is 10.9. The molecule has 1 aliphatic rings. The van der Waals surface area contributed by atoms with Gasteiger partial charge in [-0.3, -0.25) is 4.79 Å². The van der Waals surface area contributed by atoms with Crippen molar-refractivity contribution in [2.45, 2.75) is 25.7 Å². The number of hydrogen-bond donors (Lipinski definition) is 2. The molecule has 0 saturated carbocycles. The molecule has 186 valence electrons. The predicted octanol–water partition coefficient (Wildman–Crippen LogP) is 5.53. The number of urea groups is 1. The number of benzene rings is 3. The number of anilines is 2. The second-order valence-corrected chi connectivity index (χ2v) is 8.24. The molecule has 4 rings (SSSR count). The number of nitrogens with zero attached hydrogens (tertiary/aromatic N) is 1. The van der Waals surface area contributed by atoms with Gasteiger partial charge >= 0.3 is 18.2 Å². The first-order chi connectivity index (χ1) is 17.1. The van der Waals surface area contributed by atoms with Gasteiger partial charge in [-0.1, -0.05) is 30.3 Å². The van der Waals surface area contributed by atoms with Crippen LogP contribution in [0.25, 0.3) is 11.1 Å². The van der Waals surface area contributed by atoms with Crippen LogP contribution in [0, 0.1) is 0 Å². The number of hydrogen-bond acceptors (Lipinski definition) is 4. The Kier molecular flexibility index (Phi) is 6.69. The number of alkyl halides is 3. The van der Waals surface area contributed by atoms with Gasteiger partial charge in [0.25, 0.3) is 5.91 Å². The molecule has 3 aromatic carbocycles. The van der Waals surface area contributed by atoms with Crippen molar-refractivity contribution in [3.63, 3.8) is 0 Å². The minimum absolute atomic E-state index is 0.0114. The van der Waals surface area contributed by atoms with Gasteiger partial charge in [0.05, 0.1) is 12.7 Å². The van der Waals surface area contributed by atoms with Crippen molar-refractivity contribution in [2.75, 3.05) is 17.7 Å². The number of esters is 1. The highest BCUT2D eigenvalue weighted by Gasteiger charge is 2.34. The number of nitrogens with one attached hydrogen (secondary N) is 2. The Morgan fingerprint density at radius 2 is 1.61 bits per heavy atom. The maximum Gasteiger partial charge on any atom is 0.416 e. The summed E-state index contributed by atoms with van der Waals surface area (Å²) in [5, 5.41) is 4.96. The van der Waals surface area contributed by atoms with E-state index < -0.39 is 29.8 Å². The molecule has 0 fully saturated rings. The second-order valence-electron chi connectivity index (χ2n) is 8.24. The van der Waals surface area contributed by atoms with Gasteiger partial charge in [0, 0.05) is 23.5 Å². The Hall–Kier alpha value is -4.34. The molecule has 1 aliphatic heterocycles. The lowest BCUT2D eigenvalue weighted by atomic mass is 10.0. The van der Waals surface area contributed by atoms with Crippen LogP contribution in [0.15, 0.2) is 66.7 Å². The topological polar surface area (TPSA) is 87.7 Å². The monoisotopic (exact) mass is 497 g/mol.